The molecule has 190 valence electrons. The molecule has 0 radical (unpaired) electrons. The number of carbonyl (C=O) groups excluding carboxylic acids is 2. The zero-order valence-corrected chi connectivity index (χ0v) is 21.4. The quantitative estimate of drug-likeness (QED) is 0.384. The Morgan fingerprint density at radius 2 is 1.84 bits per heavy atom. The van der Waals surface area contributed by atoms with Crippen LogP contribution in [0.4, 0.5) is 4.39 Å². The molecule has 6 rings (SSSR count). The van der Waals surface area contributed by atoms with E-state index in [0.29, 0.717) is 30.4 Å². The summed E-state index contributed by atoms with van der Waals surface area (Å²) in [6.07, 6.45) is 4.88. The molecule has 1 aliphatic heterocycles. The molecule has 7 nitrogen and oxygen atoms in total. The first-order valence-electron chi connectivity index (χ1n) is 12.8. The van der Waals surface area contributed by atoms with Crippen LogP contribution in [0.3, 0.4) is 0 Å². The zero-order valence-electron chi connectivity index (χ0n) is 20.6. The number of fused-ring (bicyclic) bond motifs is 1. The van der Waals surface area contributed by atoms with Gasteiger partial charge in [-0.3, -0.25) is 14.3 Å². The molecule has 9 heteroatoms. The molecule has 1 aliphatic carbocycles. The van der Waals surface area contributed by atoms with Crippen LogP contribution >= 0.6 is 11.3 Å². The molecule has 2 amide bonds. The number of nitrogens with one attached hydrogen (secondary N) is 1. The lowest BCUT2D eigenvalue weighted by Crippen LogP contribution is -2.49. The molecule has 1 saturated carbocycles. The Labute approximate surface area is 218 Å². The second kappa shape index (κ2) is 9.70. The number of thiazole rings is 1. The molecule has 2 fully saturated rings. The van der Waals surface area contributed by atoms with Crippen LogP contribution in [-0.2, 0) is 7.05 Å². The molecule has 2 aromatic carbocycles. The maximum absolute atomic E-state index is 13.9. The van der Waals surface area contributed by atoms with Crippen LogP contribution in [-0.4, -0.2) is 50.6 Å². The van der Waals surface area contributed by atoms with Gasteiger partial charge >= 0.3 is 0 Å². The second-order valence-corrected chi connectivity index (χ2v) is 10.9. The van der Waals surface area contributed by atoms with Gasteiger partial charge in [-0.15, -0.1) is 11.3 Å². The fourth-order valence-corrected chi connectivity index (χ4v) is 6.31. The third-order valence-corrected chi connectivity index (χ3v) is 8.51. The average Bonchev–Trinajstić information content (AvgIpc) is 3.59. The van der Waals surface area contributed by atoms with E-state index in [1.165, 1.54) is 12.1 Å². The second-order valence-electron chi connectivity index (χ2n) is 9.86. The molecule has 1 saturated heterocycles. The number of aryl methyl sites for hydroxylation is 1. The summed E-state index contributed by atoms with van der Waals surface area (Å²) in [6, 6.07) is 13.8. The standard InChI is InChI=1S/C28H28FN5O2S/c1-33-22-8-3-2-7-21(22)23(32-33)26(35)30-16-20-6-4-5-15-34(20)28(36)24-25(17-11-13-19(29)14-12-17)37-27(31-24)18-9-10-18/h2-3,7-8,11-14,18,20H,4-6,9-10,15-16H2,1H3,(H,30,35)/t20-/m0/s1. The number of likely N-dealkylation sites (tertiary alicyclic amines) is 1. The highest BCUT2D eigenvalue weighted by Gasteiger charge is 2.34. The summed E-state index contributed by atoms with van der Waals surface area (Å²) in [7, 11) is 1.82. The predicted octanol–water partition coefficient (Wildman–Crippen LogP) is 5.14. The summed E-state index contributed by atoms with van der Waals surface area (Å²) in [6.45, 7) is 0.964. The first-order chi connectivity index (χ1) is 18.0. The van der Waals surface area contributed by atoms with Gasteiger partial charge in [0.25, 0.3) is 11.8 Å². The highest BCUT2D eigenvalue weighted by Crippen LogP contribution is 2.45. The molecule has 37 heavy (non-hydrogen) atoms. The summed E-state index contributed by atoms with van der Waals surface area (Å²) < 4.78 is 15.3. The van der Waals surface area contributed by atoms with E-state index in [9.17, 15) is 14.0 Å². The van der Waals surface area contributed by atoms with Crippen molar-refractivity contribution < 1.29 is 14.0 Å². The Morgan fingerprint density at radius 1 is 1.05 bits per heavy atom. The topological polar surface area (TPSA) is 80.1 Å². The fourth-order valence-electron chi connectivity index (χ4n) is 5.08. The normalized spacial score (nSPS) is 17.8. The maximum atomic E-state index is 13.9. The van der Waals surface area contributed by atoms with Crippen molar-refractivity contribution in [1.29, 1.82) is 0 Å². The van der Waals surface area contributed by atoms with Crippen LogP contribution in [0.5, 0.6) is 0 Å². The predicted molar refractivity (Wildman–Crippen MR) is 141 cm³/mol. The highest BCUT2D eigenvalue weighted by atomic mass is 32.1. The lowest BCUT2D eigenvalue weighted by Gasteiger charge is -2.35. The van der Waals surface area contributed by atoms with Gasteiger partial charge in [0.2, 0.25) is 0 Å². The molecule has 0 spiro atoms. The molecule has 4 aromatic rings. The fraction of sp³-hybridized carbons (Fsp3) is 0.357. The third kappa shape index (κ3) is 4.64. The Bertz CT molecular complexity index is 1470. The van der Waals surface area contributed by atoms with Crippen molar-refractivity contribution in [1.82, 2.24) is 25.0 Å². The summed E-state index contributed by atoms with van der Waals surface area (Å²) in [5, 5.41) is 9.23. The lowest BCUT2D eigenvalue weighted by molar-refractivity contribution is 0.0598. The number of rotatable bonds is 6. The van der Waals surface area contributed by atoms with E-state index in [-0.39, 0.29) is 23.7 Å². The minimum atomic E-state index is -0.309. The number of para-hydroxylation sites is 1. The van der Waals surface area contributed by atoms with Gasteiger partial charge in [0.05, 0.1) is 15.4 Å². The van der Waals surface area contributed by atoms with Gasteiger partial charge in [-0.05, 0) is 55.9 Å². The third-order valence-electron chi connectivity index (χ3n) is 7.24. The molecule has 1 N–H and O–H groups in total. The van der Waals surface area contributed by atoms with Crippen molar-refractivity contribution in [2.75, 3.05) is 13.1 Å². The lowest BCUT2D eigenvalue weighted by atomic mass is 10.0. The maximum Gasteiger partial charge on any atom is 0.274 e. The van der Waals surface area contributed by atoms with Crippen LogP contribution in [0.15, 0.2) is 48.5 Å². The van der Waals surface area contributed by atoms with E-state index >= 15 is 0 Å². The minimum Gasteiger partial charge on any atom is -0.349 e. The van der Waals surface area contributed by atoms with E-state index in [2.05, 4.69) is 10.4 Å². The summed E-state index contributed by atoms with van der Waals surface area (Å²) in [4.78, 5) is 34.4. The van der Waals surface area contributed by atoms with Gasteiger partial charge in [0.15, 0.2) is 5.69 Å². The molecule has 2 aliphatic rings. The van der Waals surface area contributed by atoms with Crippen molar-refractivity contribution in [3.8, 4) is 10.4 Å². The van der Waals surface area contributed by atoms with Gasteiger partial charge in [-0.1, -0.05) is 30.3 Å². The zero-order chi connectivity index (χ0) is 25.5. The smallest absolute Gasteiger partial charge is 0.274 e. The van der Waals surface area contributed by atoms with Crippen LogP contribution in [0.25, 0.3) is 21.3 Å². The van der Waals surface area contributed by atoms with Crippen molar-refractivity contribution in [3.05, 3.63) is 70.7 Å². The Balaban J connectivity index is 1.24. The van der Waals surface area contributed by atoms with Gasteiger partial charge in [-0.25, -0.2) is 9.37 Å². The van der Waals surface area contributed by atoms with E-state index in [1.54, 1.807) is 28.2 Å². The number of piperidine rings is 1. The molecule has 1 atom stereocenters. The molecular formula is C28H28FN5O2S. The molecule has 0 unspecified atom stereocenters. The van der Waals surface area contributed by atoms with Crippen LogP contribution < -0.4 is 5.32 Å². The van der Waals surface area contributed by atoms with E-state index in [1.807, 2.05) is 36.2 Å². The van der Waals surface area contributed by atoms with Crippen molar-refractivity contribution in [2.24, 2.45) is 7.05 Å². The number of hydrogen-bond donors (Lipinski definition) is 1. The molecule has 3 heterocycles. The molecule has 0 bridgehead atoms. The van der Waals surface area contributed by atoms with Crippen molar-refractivity contribution in [2.45, 2.75) is 44.1 Å². The number of hydrogen-bond acceptors (Lipinski definition) is 5. The monoisotopic (exact) mass is 517 g/mol. The Morgan fingerprint density at radius 3 is 2.62 bits per heavy atom. The summed E-state index contributed by atoms with van der Waals surface area (Å²) in [5.41, 5.74) is 2.52. The number of halogens is 1. The van der Waals surface area contributed by atoms with Crippen LogP contribution in [0, 0.1) is 5.82 Å². The summed E-state index contributed by atoms with van der Waals surface area (Å²) >= 11 is 1.54. The largest absolute Gasteiger partial charge is 0.349 e. The Hall–Kier alpha value is -3.59. The number of amides is 2. The minimum absolute atomic E-state index is 0.121. The van der Waals surface area contributed by atoms with Crippen molar-refractivity contribution >= 4 is 34.1 Å². The molecule has 2 aromatic heterocycles. The number of nitrogens with zero attached hydrogens (tertiary/aromatic N) is 4. The van der Waals surface area contributed by atoms with Gasteiger partial charge in [0.1, 0.15) is 11.5 Å². The van der Waals surface area contributed by atoms with E-state index in [4.69, 9.17) is 4.98 Å². The SMILES string of the molecule is Cn1nc(C(=O)NC[C@@H]2CCCCN2C(=O)c2nc(C3CC3)sc2-c2ccc(F)cc2)c2ccccc21. The first-order valence-corrected chi connectivity index (χ1v) is 13.6. The number of aromatic nitrogens is 3. The van der Waals surface area contributed by atoms with E-state index < -0.39 is 0 Å². The van der Waals surface area contributed by atoms with Crippen molar-refractivity contribution in [3.63, 3.8) is 0 Å². The highest BCUT2D eigenvalue weighted by molar-refractivity contribution is 7.15. The Kier molecular flexibility index (Phi) is 6.24. The average molecular weight is 518 g/mol. The van der Waals surface area contributed by atoms with Gasteiger partial charge < -0.3 is 10.2 Å². The van der Waals surface area contributed by atoms with Gasteiger partial charge in [-0.2, -0.15) is 5.10 Å². The molecular weight excluding hydrogens is 489 g/mol. The summed E-state index contributed by atoms with van der Waals surface area (Å²) in [5.74, 6) is -0.261. The van der Waals surface area contributed by atoms with Crippen LogP contribution in [0.2, 0.25) is 0 Å². The van der Waals surface area contributed by atoms with E-state index in [0.717, 1.165) is 58.5 Å². The first kappa shape index (κ1) is 23.8. The van der Waals surface area contributed by atoms with Crippen LogP contribution in [0.1, 0.15) is 64.0 Å². The number of benzene rings is 2. The number of carbonyl (C=O) groups is 2. The van der Waals surface area contributed by atoms with Gasteiger partial charge in [0, 0.05) is 37.5 Å².